The molecule has 1 aromatic carbocycles. The van der Waals surface area contributed by atoms with Crippen LogP contribution in [0.4, 0.5) is 0 Å². The molecule has 0 fully saturated rings. The van der Waals surface area contributed by atoms with Crippen LogP contribution in [0.25, 0.3) is 16.6 Å². The summed E-state index contributed by atoms with van der Waals surface area (Å²) < 4.78 is 1.02. The fraction of sp³-hybridized carbons (Fsp3) is 0.167. The van der Waals surface area contributed by atoms with Gasteiger partial charge in [0.25, 0.3) is 0 Å². The van der Waals surface area contributed by atoms with Gasteiger partial charge in [0.15, 0.2) is 4.34 Å². The van der Waals surface area contributed by atoms with Gasteiger partial charge in [0.2, 0.25) is 0 Å². The van der Waals surface area contributed by atoms with E-state index >= 15 is 0 Å². The molecule has 0 spiro atoms. The Labute approximate surface area is 102 Å². The van der Waals surface area contributed by atoms with Crippen molar-refractivity contribution in [1.82, 2.24) is 10.2 Å². The summed E-state index contributed by atoms with van der Waals surface area (Å²) in [5.74, 6) is 0. The number of fused-ring (bicyclic) bond motifs is 1. The average Bonchev–Trinajstić information content (AvgIpc) is 2.96. The lowest BCUT2D eigenvalue weighted by atomic mass is 10.1. The summed E-state index contributed by atoms with van der Waals surface area (Å²) in [5.41, 5.74) is 3.89. The largest absolute Gasteiger partial charge is 0.174 e. The Morgan fingerprint density at radius 2 is 2.25 bits per heavy atom. The molecule has 1 aliphatic rings. The highest BCUT2D eigenvalue weighted by Gasteiger charge is 2.10. The van der Waals surface area contributed by atoms with E-state index in [9.17, 15) is 0 Å². The van der Waals surface area contributed by atoms with Gasteiger partial charge in [-0.1, -0.05) is 47.4 Å². The Morgan fingerprint density at radius 1 is 1.31 bits per heavy atom. The molecule has 0 bridgehead atoms. The van der Waals surface area contributed by atoms with Gasteiger partial charge in [-0.05, 0) is 29.9 Å². The number of benzene rings is 1. The number of aromatic nitrogens is 2. The summed E-state index contributed by atoms with van der Waals surface area (Å²) in [6.07, 6.45) is 7.45. The summed E-state index contributed by atoms with van der Waals surface area (Å²) in [4.78, 5) is 0. The number of rotatable bonds is 2. The van der Waals surface area contributed by atoms with Gasteiger partial charge < -0.3 is 0 Å². The van der Waals surface area contributed by atoms with Gasteiger partial charge in [0.05, 0.1) is 0 Å². The van der Waals surface area contributed by atoms with Crippen molar-refractivity contribution in [3.8, 4) is 10.6 Å². The molecule has 0 amide bonds. The highest BCUT2D eigenvalue weighted by molar-refractivity contribution is 8.00. The maximum atomic E-state index is 4.21. The predicted octanol–water partition coefficient (Wildman–Crippen LogP) is 3.50. The number of nitrogens with zero attached hydrogens (tertiary/aromatic N) is 2. The zero-order valence-electron chi connectivity index (χ0n) is 8.80. The van der Waals surface area contributed by atoms with Gasteiger partial charge in [0, 0.05) is 5.56 Å². The number of allylic oxidation sites excluding steroid dienone is 1. The molecule has 80 valence electrons. The van der Waals surface area contributed by atoms with Crippen LogP contribution in [0.1, 0.15) is 11.1 Å². The summed E-state index contributed by atoms with van der Waals surface area (Å²) in [6, 6.07) is 6.52. The van der Waals surface area contributed by atoms with E-state index < -0.39 is 0 Å². The fourth-order valence-electron chi connectivity index (χ4n) is 1.79. The van der Waals surface area contributed by atoms with E-state index in [1.807, 2.05) is 6.26 Å². The first-order chi connectivity index (χ1) is 7.86. The quantitative estimate of drug-likeness (QED) is 0.758. The Hall–Kier alpha value is -1.13. The van der Waals surface area contributed by atoms with Crippen molar-refractivity contribution in [1.29, 1.82) is 0 Å². The minimum absolute atomic E-state index is 1.01. The molecular weight excluding hydrogens is 236 g/mol. The summed E-state index contributed by atoms with van der Waals surface area (Å²) in [5, 5.41) is 9.33. The molecule has 0 atom stereocenters. The lowest BCUT2D eigenvalue weighted by Crippen LogP contribution is -1.83. The molecule has 1 aliphatic carbocycles. The Balaban J connectivity index is 2.03. The van der Waals surface area contributed by atoms with Gasteiger partial charge in [-0.3, -0.25) is 0 Å². The zero-order chi connectivity index (χ0) is 11.0. The molecule has 16 heavy (non-hydrogen) atoms. The van der Waals surface area contributed by atoms with Crippen LogP contribution in [0, 0.1) is 0 Å². The minimum atomic E-state index is 1.01. The van der Waals surface area contributed by atoms with Gasteiger partial charge in [-0.2, -0.15) is 0 Å². The molecule has 0 saturated carbocycles. The van der Waals surface area contributed by atoms with E-state index in [0.29, 0.717) is 0 Å². The van der Waals surface area contributed by atoms with E-state index in [1.165, 1.54) is 16.7 Å². The van der Waals surface area contributed by atoms with Crippen LogP contribution >= 0.6 is 23.1 Å². The molecule has 4 heteroatoms. The molecule has 3 rings (SSSR count). The normalized spacial score (nSPS) is 13.1. The van der Waals surface area contributed by atoms with Crippen LogP contribution in [-0.4, -0.2) is 16.5 Å². The number of hydrogen-bond donors (Lipinski definition) is 0. The fourth-order valence-corrected chi connectivity index (χ4v) is 3.06. The maximum absolute atomic E-state index is 4.21. The number of hydrogen-bond acceptors (Lipinski definition) is 4. The highest BCUT2D eigenvalue weighted by atomic mass is 32.2. The van der Waals surface area contributed by atoms with Crippen LogP contribution < -0.4 is 0 Å². The van der Waals surface area contributed by atoms with Crippen LogP contribution in [0.15, 0.2) is 28.6 Å². The third-order valence-corrected chi connectivity index (χ3v) is 4.56. The van der Waals surface area contributed by atoms with Crippen molar-refractivity contribution in [2.75, 3.05) is 6.26 Å². The smallest absolute Gasteiger partial charge is 0.137 e. The number of thioether (sulfide) groups is 1. The first kappa shape index (κ1) is 10.1. The van der Waals surface area contributed by atoms with E-state index in [1.54, 1.807) is 23.1 Å². The monoisotopic (exact) mass is 246 g/mol. The third-order valence-electron chi connectivity index (χ3n) is 2.61. The van der Waals surface area contributed by atoms with Crippen molar-refractivity contribution in [3.63, 3.8) is 0 Å². The van der Waals surface area contributed by atoms with Crippen LogP contribution in [0.5, 0.6) is 0 Å². The Bertz CT molecular complexity index is 558. The summed E-state index contributed by atoms with van der Waals surface area (Å²) in [6.45, 7) is 0. The van der Waals surface area contributed by atoms with Crippen LogP contribution in [0.3, 0.4) is 0 Å². The standard InChI is InChI=1S/C12H10N2S2/c1-15-12-14-13-11(16-12)10-6-5-8-3-2-4-9(8)7-10/h2,4-7H,3H2,1H3. The zero-order valence-corrected chi connectivity index (χ0v) is 10.4. The van der Waals surface area contributed by atoms with E-state index in [-0.39, 0.29) is 0 Å². The van der Waals surface area contributed by atoms with E-state index in [0.717, 1.165) is 15.8 Å². The molecule has 2 aromatic rings. The lowest BCUT2D eigenvalue weighted by Gasteiger charge is -2.00. The first-order valence-corrected chi connectivity index (χ1v) is 7.08. The van der Waals surface area contributed by atoms with Crippen molar-refractivity contribution in [2.24, 2.45) is 0 Å². The minimum Gasteiger partial charge on any atom is -0.137 e. The topological polar surface area (TPSA) is 25.8 Å². The van der Waals surface area contributed by atoms with Gasteiger partial charge in [0.1, 0.15) is 5.01 Å². The molecule has 0 radical (unpaired) electrons. The van der Waals surface area contributed by atoms with E-state index in [2.05, 4.69) is 40.5 Å². The predicted molar refractivity (Wildman–Crippen MR) is 69.9 cm³/mol. The molecule has 0 N–H and O–H groups in total. The summed E-state index contributed by atoms with van der Waals surface area (Å²) in [7, 11) is 0. The van der Waals surface area contributed by atoms with Crippen molar-refractivity contribution in [2.45, 2.75) is 10.8 Å². The second-order valence-corrected chi connectivity index (χ2v) is 5.63. The third kappa shape index (κ3) is 1.68. The molecule has 0 unspecified atom stereocenters. The molecule has 1 heterocycles. The Morgan fingerprint density at radius 3 is 3.06 bits per heavy atom. The molecule has 0 aliphatic heterocycles. The highest BCUT2D eigenvalue weighted by Crippen LogP contribution is 2.31. The molecule has 2 nitrogen and oxygen atoms in total. The van der Waals surface area contributed by atoms with Gasteiger partial charge >= 0.3 is 0 Å². The van der Waals surface area contributed by atoms with Gasteiger partial charge in [-0.25, -0.2) is 0 Å². The summed E-state index contributed by atoms with van der Waals surface area (Å²) >= 11 is 3.29. The van der Waals surface area contributed by atoms with Crippen LogP contribution in [0.2, 0.25) is 0 Å². The Kier molecular flexibility index (Phi) is 2.53. The second kappa shape index (κ2) is 4.03. The lowest BCUT2D eigenvalue weighted by molar-refractivity contribution is 1.02. The van der Waals surface area contributed by atoms with Crippen molar-refractivity contribution < 1.29 is 0 Å². The van der Waals surface area contributed by atoms with Crippen molar-refractivity contribution >= 4 is 29.2 Å². The SMILES string of the molecule is CSc1nnc(-c2ccc3c(c2)C=CC3)s1. The molecule has 0 saturated heterocycles. The van der Waals surface area contributed by atoms with E-state index in [4.69, 9.17) is 0 Å². The maximum Gasteiger partial charge on any atom is 0.174 e. The molecular formula is C12H10N2S2. The van der Waals surface area contributed by atoms with Crippen LogP contribution in [-0.2, 0) is 6.42 Å². The second-order valence-electron chi connectivity index (χ2n) is 3.60. The average molecular weight is 246 g/mol. The van der Waals surface area contributed by atoms with Crippen molar-refractivity contribution in [3.05, 3.63) is 35.4 Å². The van der Waals surface area contributed by atoms with Gasteiger partial charge in [-0.15, -0.1) is 10.2 Å². The first-order valence-electron chi connectivity index (χ1n) is 5.04. The molecule has 1 aromatic heterocycles.